The number of aliphatic hydroxyl groups is 2. The zero-order valence-electron chi connectivity index (χ0n) is 36.1. The number of ether oxygens (including phenoxy) is 4. The molecular weight excluding hydrogens is 937 g/mol. The van der Waals surface area contributed by atoms with Crippen LogP contribution in [-0.2, 0) is 24.0 Å². The van der Waals surface area contributed by atoms with Gasteiger partial charge in [-0.15, -0.1) is 0 Å². The van der Waals surface area contributed by atoms with Gasteiger partial charge in [0.25, 0.3) is 0 Å². The van der Waals surface area contributed by atoms with Gasteiger partial charge in [-0.05, 0) is 47.2 Å². The fourth-order valence-electron chi connectivity index (χ4n) is 9.51. The summed E-state index contributed by atoms with van der Waals surface area (Å²) < 4.78 is 24.3. The Balaban J connectivity index is 1.12. The monoisotopic (exact) mass is 974 g/mol. The van der Waals surface area contributed by atoms with Crippen molar-refractivity contribution >= 4 is 27.5 Å². The van der Waals surface area contributed by atoms with E-state index in [9.17, 15) is 85.9 Å². The summed E-state index contributed by atoms with van der Waals surface area (Å²) >= 11 is 0. The number of carbonyl (C=O) groups excluding carboxylic acids is 1. The molecule has 7 aromatic carbocycles. The van der Waals surface area contributed by atoms with E-state index in [0.717, 1.165) is 60.7 Å². The van der Waals surface area contributed by atoms with Crippen LogP contribution in [0.3, 0.4) is 0 Å². The second-order valence-corrected chi connectivity index (χ2v) is 17.3. The van der Waals surface area contributed by atoms with Crippen molar-refractivity contribution in [1.82, 2.24) is 0 Å². The predicted molar refractivity (Wildman–Crippen MR) is 242 cm³/mol. The molecule has 3 aliphatic rings. The Hall–Kier alpha value is -9.21. The molecule has 3 heterocycles. The summed E-state index contributed by atoms with van der Waals surface area (Å²) in [6.45, 7) is 0. The zero-order chi connectivity index (χ0) is 50.6. The van der Waals surface area contributed by atoms with Crippen molar-refractivity contribution in [2.45, 2.75) is 55.9 Å². The van der Waals surface area contributed by atoms with Crippen molar-refractivity contribution in [3.8, 4) is 86.2 Å². The summed E-state index contributed by atoms with van der Waals surface area (Å²) in [5, 5.41) is 150. The summed E-state index contributed by atoms with van der Waals surface area (Å²) in [6, 6.07) is 12.0. The summed E-state index contributed by atoms with van der Waals surface area (Å²) in [4.78, 5) is 42.3. The number of hydrogen-bond donors (Lipinski definition) is 14. The normalized spacial score (nSPS) is 20.1. The minimum atomic E-state index is -1.66. The molecule has 0 amide bonds. The Morgan fingerprint density at radius 2 is 0.859 bits per heavy atom. The van der Waals surface area contributed by atoms with Gasteiger partial charge in [0.1, 0.15) is 57.8 Å². The molecular formula is C50H38O21. The highest BCUT2D eigenvalue weighted by atomic mass is 16.6. The largest absolute Gasteiger partial charge is 0.508 e. The van der Waals surface area contributed by atoms with Crippen LogP contribution in [0.15, 0.2) is 82.4 Å². The molecule has 0 bridgehead atoms. The quantitative estimate of drug-likeness (QED) is 0.0850. The second-order valence-electron chi connectivity index (χ2n) is 17.3. The van der Waals surface area contributed by atoms with E-state index >= 15 is 0 Å². The molecule has 364 valence electrons. The molecule has 3 aliphatic heterocycles. The second kappa shape index (κ2) is 16.5. The molecule has 14 N–H and O–H groups in total. The predicted octanol–water partition coefficient (Wildman–Crippen LogP) is 4.16. The van der Waals surface area contributed by atoms with Crippen LogP contribution in [0, 0.1) is 0 Å². The number of aliphatic hydroxyl groups excluding tert-OH is 2. The summed E-state index contributed by atoms with van der Waals surface area (Å²) in [5.41, 5.74) is -3.62. The van der Waals surface area contributed by atoms with Gasteiger partial charge in [0.15, 0.2) is 52.8 Å². The average molecular weight is 975 g/mol. The molecule has 7 aromatic rings. The molecule has 1 unspecified atom stereocenters. The van der Waals surface area contributed by atoms with Gasteiger partial charge in [-0.1, -0.05) is 0 Å². The van der Waals surface area contributed by atoms with Crippen LogP contribution in [-0.4, -0.2) is 95.8 Å². The van der Waals surface area contributed by atoms with Crippen molar-refractivity contribution < 1.29 is 95.2 Å². The SMILES string of the molecule is O=C(O[C@@H]1Cc2c(O)cc(O)cc2O[C@@H]1c1cc(O)c(=O)c2c(O)c(O)cc(C3Oc4cc(O)cc(O)c4C[C@H]3O)c2c1)c1cc(O)c(=O)c2c(O)c(O)cc([C@H]3Oc4cc(O)cc(O)c4C[C@H]3O)c2c1. The van der Waals surface area contributed by atoms with Crippen molar-refractivity contribution in [2.75, 3.05) is 0 Å². The number of fused-ring (bicyclic) bond motifs is 5. The maximum atomic E-state index is 14.6. The Morgan fingerprint density at radius 1 is 0.451 bits per heavy atom. The van der Waals surface area contributed by atoms with E-state index in [1.54, 1.807) is 0 Å². The number of hydrogen-bond acceptors (Lipinski definition) is 21. The van der Waals surface area contributed by atoms with E-state index in [4.69, 9.17) is 18.9 Å². The molecule has 10 rings (SSSR count). The molecule has 21 heteroatoms. The van der Waals surface area contributed by atoms with Crippen LogP contribution in [0.5, 0.6) is 86.2 Å². The number of aromatic hydroxyl groups is 12. The molecule has 0 radical (unpaired) electrons. The van der Waals surface area contributed by atoms with Crippen LogP contribution in [0.25, 0.3) is 21.5 Å². The van der Waals surface area contributed by atoms with Gasteiger partial charge in [0, 0.05) is 89.0 Å². The smallest absolute Gasteiger partial charge is 0.338 e. The van der Waals surface area contributed by atoms with Gasteiger partial charge in [0.05, 0.1) is 28.5 Å². The number of phenols is 10. The zero-order valence-corrected chi connectivity index (χ0v) is 36.1. The molecule has 6 atom stereocenters. The van der Waals surface area contributed by atoms with E-state index in [2.05, 4.69) is 0 Å². The molecule has 0 aromatic heterocycles. The fourth-order valence-corrected chi connectivity index (χ4v) is 9.51. The van der Waals surface area contributed by atoms with Gasteiger partial charge in [0.2, 0.25) is 10.9 Å². The van der Waals surface area contributed by atoms with Crippen molar-refractivity contribution in [2.24, 2.45) is 0 Å². The Morgan fingerprint density at radius 3 is 1.32 bits per heavy atom. The minimum Gasteiger partial charge on any atom is -0.508 e. The van der Waals surface area contributed by atoms with Crippen molar-refractivity contribution in [1.29, 1.82) is 0 Å². The first-order valence-corrected chi connectivity index (χ1v) is 21.4. The minimum absolute atomic E-state index is 0.0277. The lowest BCUT2D eigenvalue weighted by molar-refractivity contribution is -0.0188. The first-order valence-electron chi connectivity index (χ1n) is 21.4. The Labute approximate surface area is 396 Å². The van der Waals surface area contributed by atoms with Crippen LogP contribution < -0.4 is 25.1 Å². The third-order valence-electron chi connectivity index (χ3n) is 12.8. The van der Waals surface area contributed by atoms with E-state index < -0.39 is 145 Å². The molecule has 21 nitrogen and oxygen atoms in total. The lowest BCUT2D eigenvalue weighted by atomic mass is 9.90. The lowest BCUT2D eigenvalue weighted by Crippen LogP contribution is -2.34. The Kier molecular flexibility index (Phi) is 10.6. The lowest BCUT2D eigenvalue weighted by Gasteiger charge is -2.34. The maximum absolute atomic E-state index is 14.6. The van der Waals surface area contributed by atoms with E-state index in [-0.39, 0.29) is 74.2 Å². The highest BCUT2D eigenvalue weighted by molar-refractivity contribution is 5.99. The highest BCUT2D eigenvalue weighted by Gasteiger charge is 2.40. The molecule has 0 saturated heterocycles. The number of carbonyl (C=O) groups is 1. The van der Waals surface area contributed by atoms with Crippen LogP contribution >= 0.6 is 0 Å². The molecule has 0 spiro atoms. The third-order valence-corrected chi connectivity index (χ3v) is 12.8. The number of phenolic OH excluding ortho intramolecular Hbond substituents is 10. The number of benzene rings is 5. The molecule has 0 aliphatic carbocycles. The number of esters is 1. The van der Waals surface area contributed by atoms with E-state index in [1.165, 1.54) is 6.07 Å². The average Bonchev–Trinajstić information content (AvgIpc) is 3.52. The summed E-state index contributed by atoms with van der Waals surface area (Å²) in [5.74, 6) is -10.4. The van der Waals surface area contributed by atoms with Crippen LogP contribution in [0.4, 0.5) is 0 Å². The van der Waals surface area contributed by atoms with E-state index in [1.807, 2.05) is 0 Å². The van der Waals surface area contributed by atoms with E-state index in [0.29, 0.717) is 6.07 Å². The van der Waals surface area contributed by atoms with Crippen LogP contribution in [0.2, 0.25) is 0 Å². The van der Waals surface area contributed by atoms with Gasteiger partial charge in [-0.2, -0.15) is 0 Å². The highest BCUT2D eigenvalue weighted by Crippen LogP contribution is 2.49. The summed E-state index contributed by atoms with van der Waals surface area (Å²) in [6.07, 6.45) is -10.4. The fraction of sp³-hybridized carbons (Fsp3) is 0.180. The van der Waals surface area contributed by atoms with Crippen molar-refractivity contribution in [3.05, 3.63) is 132 Å². The molecule has 0 fully saturated rings. The van der Waals surface area contributed by atoms with Gasteiger partial charge >= 0.3 is 5.97 Å². The van der Waals surface area contributed by atoms with Gasteiger partial charge in [-0.3, -0.25) is 9.59 Å². The number of rotatable bonds is 5. The maximum Gasteiger partial charge on any atom is 0.338 e. The first-order chi connectivity index (χ1) is 33.7. The third kappa shape index (κ3) is 7.55. The topological polar surface area (TPSA) is 371 Å². The van der Waals surface area contributed by atoms with Gasteiger partial charge < -0.3 is 90.4 Å². The van der Waals surface area contributed by atoms with Gasteiger partial charge in [-0.25, -0.2) is 4.79 Å². The Bertz CT molecular complexity index is 3590. The van der Waals surface area contributed by atoms with Crippen LogP contribution in [0.1, 0.15) is 62.1 Å². The first kappa shape index (κ1) is 45.6. The molecule has 0 saturated carbocycles. The van der Waals surface area contributed by atoms with Crippen molar-refractivity contribution in [3.63, 3.8) is 0 Å². The standard InChI is InChI=1S/C50H38O21/c51-18-5-28(54)25-13-35(61)48(69-37(25)8-18)23-11-33(59)45(65)41-21(23)1-16(3-31(57)43(41)63)47-40(15-27-30(56)7-20(53)10-39(27)68-47)71-50(67)17-2-22-24(12-34(60)46(66)42(22)44(64)32(58)4-17)49-36(62)14-26-29(55)6-19(52)9-38(26)70-49/h1-12,35-36,40,47-49,51-56,59-62,65-66H,13-15H2,(H,57,63)(H,58,64)/t35-,36-,40-,47-,48?,49-/m1/s1. The summed E-state index contributed by atoms with van der Waals surface area (Å²) in [7, 11) is 0. The molecule has 71 heavy (non-hydrogen) atoms.